The molecular formula is C15H19N3O2. The number of hydrogen-bond donors (Lipinski definition) is 2. The molecule has 0 aliphatic heterocycles. The van der Waals surface area contributed by atoms with Crippen LogP contribution in [-0.2, 0) is 0 Å². The molecule has 2 amide bonds. The van der Waals surface area contributed by atoms with Gasteiger partial charge in [-0.25, -0.2) is 4.79 Å². The Bertz CT molecular complexity index is 510. The first kappa shape index (κ1) is 14.2. The topological polar surface area (TPSA) is 74.2 Å². The molecule has 2 atom stereocenters. The lowest BCUT2D eigenvalue weighted by atomic mass is 10.1. The maximum atomic E-state index is 12.0. The van der Waals surface area contributed by atoms with Crippen LogP contribution in [0.1, 0.15) is 26.2 Å². The van der Waals surface area contributed by atoms with Crippen molar-refractivity contribution < 1.29 is 9.53 Å². The number of urea groups is 1. The third kappa shape index (κ3) is 3.41. The molecule has 0 bridgehead atoms. The number of para-hydroxylation sites is 2. The molecule has 1 aromatic carbocycles. The SMILES string of the molecule is CCOc1ccccc1NC(=O)N[C@H]1CCC[C@H]1C#N. The second-order valence-electron chi connectivity index (χ2n) is 4.80. The summed E-state index contributed by atoms with van der Waals surface area (Å²) in [6.07, 6.45) is 2.70. The zero-order valence-electron chi connectivity index (χ0n) is 11.6. The van der Waals surface area contributed by atoms with E-state index in [0.29, 0.717) is 18.0 Å². The summed E-state index contributed by atoms with van der Waals surface area (Å²) in [5, 5.41) is 14.7. The van der Waals surface area contributed by atoms with Gasteiger partial charge >= 0.3 is 6.03 Å². The summed E-state index contributed by atoms with van der Waals surface area (Å²) in [6, 6.07) is 9.21. The highest BCUT2D eigenvalue weighted by molar-refractivity contribution is 5.91. The van der Waals surface area contributed by atoms with Gasteiger partial charge in [-0.05, 0) is 38.3 Å². The average Bonchev–Trinajstić information content (AvgIpc) is 2.88. The summed E-state index contributed by atoms with van der Waals surface area (Å²) < 4.78 is 5.46. The maximum Gasteiger partial charge on any atom is 0.319 e. The van der Waals surface area contributed by atoms with E-state index in [0.717, 1.165) is 19.3 Å². The van der Waals surface area contributed by atoms with Crippen molar-refractivity contribution >= 4 is 11.7 Å². The van der Waals surface area contributed by atoms with Gasteiger partial charge in [-0.1, -0.05) is 12.1 Å². The number of amides is 2. The number of ether oxygens (including phenoxy) is 1. The lowest BCUT2D eigenvalue weighted by molar-refractivity contribution is 0.247. The zero-order chi connectivity index (χ0) is 14.4. The lowest BCUT2D eigenvalue weighted by Crippen LogP contribution is -2.39. The number of anilines is 1. The average molecular weight is 273 g/mol. The van der Waals surface area contributed by atoms with Gasteiger partial charge in [-0.15, -0.1) is 0 Å². The van der Waals surface area contributed by atoms with Crippen LogP contribution in [0, 0.1) is 17.2 Å². The largest absolute Gasteiger partial charge is 0.492 e. The van der Waals surface area contributed by atoms with Crippen LogP contribution >= 0.6 is 0 Å². The van der Waals surface area contributed by atoms with Crippen molar-refractivity contribution in [3.8, 4) is 11.8 Å². The number of hydrogen-bond acceptors (Lipinski definition) is 3. The van der Waals surface area contributed by atoms with E-state index in [4.69, 9.17) is 10.00 Å². The third-order valence-electron chi connectivity index (χ3n) is 3.43. The Kier molecular flexibility index (Phi) is 4.83. The van der Waals surface area contributed by atoms with Gasteiger partial charge in [-0.3, -0.25) is 0 Å². The van der Waals surface area contributed by atoms with Crippen LogP contribution in [0.5, 0.6) is 5.75 Å². The van der Waals surface area contributed by atoms with Crippen molar-refractivity contribution in [3.63, 3.8) is 0 Å². The molecule has 5 nitrogen and oxygen atoms in total. The molecule has 0 radical (unpaired) electrons. The molecule has 1 fully saturated rings. The van der Waals surface area contributed by atoms with Crippen LogP contribution in [-0.4, -0.2) is 18.7 Å². The van der Waals surface area contributed by atoms with Gasteiger partial charge in [-0.2, -0.15) is 5.26 Å². The molecule has 0 saturated heterocycles. The minimum Gasteiger partial charge on any atom is -0.492 e. The van der Waals surface area contributed by atoms with Gasteiger partial charge < -0.3 is 15.4 Å². The Morgan fingerprint density at radius 3 is 3.00 bits per heavy atom. The summed E-state index contributed by atoms with van der Waals surface area (Å²) in [4.78, 5) is 12.0. The van der Waals surface area contributed by atoms with Crippen LogP contribution in [0.15, 0.2) is 24.3 Å². The minimum atomic E-state index is -0.288. The quantitative estimate of drug-likeness (QED) is 0.885. The summed E-state index contributed by atoms with van der Waals surface area (Å²) in [6.45, 7) is 2.44. The van der Waals surface area contributed by atoms with E-state index in [9.17, 15) is 4.79 Å². The molecule has 1 aliphatic carbocycles. The Balaban J connectivity index is 1.96. The highest BCUT2D eigenvalue weighted by Gasteiger charge is 2.28. The van der Waals surface area contributed by atoms with E-state index in [-0.39, 0.29) is 18.0 Å². The van der Waals surface area contributed by atoms with E-state index in [1.54, 1.807) is 6.07 Å². The lowest BCUT2D eigenvalue weighted by Gasteiger charge is -2.17. The fourth-order valence-electron chi connectivity index (χ4n) is 2.47. The number of nitrogens with zero attached hydrogens (tertiary/aromatic N) is 1. The van der Waals surface area contributed by atoms with Crippen molar-refractivity contribution in [1.82, 2.24) is 5.32 Å². The summed E-state index contributed by atoms with van der Waals surface area (Å²) in [5.74, 6) is 0.566. The predicted molar refractivity (Wildman–Crippen MR) is 76.5 cm³/mol. The van der Waals surface area contributed by atoms with Crippen molar-refractivity contribution in [2.75, 3.05) is 11.9 Å². The van der Waals surface area contributed by atoms with Crippen molar-refractivity contribution in [2.45, 2.75) is 32.2 Å². The van der Waals surface area contributed by atoms with Gasteiger partial charge in [0.05, 0.1) is 24.3 Å². The second-order valence-corrected chi connectivity index (χ2v) is 4.80. The van der Waals surface area contributed by atoms with Gasteiger partial charge in [0.2, 0.25) is 0 Å². The molecule has 106 valence electrons. The number of nitriles is 1. The Hall–Kier alpha value is -2.22. The van der Waals surface area contributed by atoms with E-state index < -0.39 is 0 Å². The molecule has 0 aromatic heterocycles. The molecular weight excluding hydrogens is 254 g/mol. The monoisotopic (exact) mass is 273 g/mol. The first-order valence-corrected chi connectivity index (χ1v) is 6.93. The standard InChI is InChI=1S/C15H19N3O2/c1-2-20-14-9-4-3-7-13(14)18-15(19)17-12-8-5-6-11(12)10-16/h3-4,7,9,11-12H,2,5-6,8H2,1H3,(H2,17,18,19)/t11-,12-/m0/s1. The van der Waals surface area contributed by atoms with Crippen molar-refractivity contribution in [2.24, 2.45) is 5.92 Å². The molecule has 2 rings (SSSR count). The van der Waals surface area contributed by atoms with Crippen LogP contribution < -0.4 is 15.4 Å². The molecule has 5 heteroatoms. The molecule has 0 heterocycles. The molecule has 0 spiro atoms. The van der Waals surface area contributed by atoms with E-state index in [2.05, 4.69) is 16.7 Å². The number of carbonyl (C=O) groups excluding carboxylic acids is 1. The zero-order valence-corrected chi connectivity index (χ0v) is 11.6. The van der Waals surface area contributed by atoms with Crippen LogP contribution in [0.3, 0.4) is 0 Å². The number of rotatable bonds is 4. The smallest absolute Gasteiger partial charge is 0.319 e. The third-order valence-corrected chi connectivity index (χ3v) is 3.43. The Labute approximate surface area is 118 Å². The predicted octanol–water partition coefficient (Wildman–Crippen LogP) is 2.90. The van der Waals surface area contributed by atoms with Crippen LogP contribution in [0.2, 0.25) is 0 Å². The van der Waals surface area contributed by atoms with Gasteiger partial charge in [0.25, 0.3) is 0 Å². The Morgan fingerprint density at radius 2 is 2.25 bits per heavy atom. The first-order valence-electron chi connectivity index (χ1n) is 6.93. The fourth-order valence-corrected chi connectivity index (χ4v) is 2.47. The van der Waals surface area contributed by atoms with Crippen LogP contribution in [0.4, 0.5) is 10.5 Å². The van der Waals surface area contributed by atoms with Crippen LogP contribution in [0.25, 0.3) is 0 Å². The number of nitrogens with one attached hydrogen (secondary N) is 2. The highest BCUT2D eigenvalue weighted by atomic mass is 16.5. The Morgan fingerprint density at radius 1 is 1.45 bits per heavy atom. The molecule has 0 unspecified atom stereocenters. The molecule has 20 heavy (non-hydrogen) atoms. The highest BCUT2D eigenvalue weighted by Crippen LogP contribution is 2.26. The van der Waals surface area contributed by atoms with Gasteiger partial charge in [0, 0.05) is 6.04 Å². The summed E-state index contributed by atoms with van der Waals surface area (Å²) >= 11 is 0. The normalized spacial score (nSPS) is 21.0. The molecule has 2 N–H and O–H groups in total. The van der Waals surface area contributed by atoms with E-state index >= 15 is 0 Å². The number of carbonyl (C=O) groups is 1. The second kappa shape index (κ2) is 6.80. The van der Waals surface area contributed by atoms with Crippen molar-refractivity contribution in [1.29, 1.82) is 5.26 Å². The fraction of sp³-hybridized carbons (Fsp3) is 0.467. The molecule has 1 aliphatic rings. The molecule has 1 saturated carbocycles. The number of benzene rings is 1. The summed E-state index contributed by atoms with van der Waals surface area (Å²) in [5.41, 5.74) is 0.637. The van der Waals surface area contributed by atoms with E-state index in [1.807, 2.05) is 25.1 Å². The minimum absolute atomic E-state index is 0.0562. The first-order chi connectivity index (χ1) is 9.74. The molecule has 1 aromatic rings. The summed E-state index contributed by atoms with van der Waals surface area (Å²) in [7, 11) is 0. The van der Waals surface area contributed by atoms with Gasteiger partial charge in [0.15, 0.2) is 0 Å². The van der Waals surface area contributed by atoms with Crippen molar-refractivity contribution in [3.05, 3.63) is 24.3 Å². The maximum absolute atomic E-state index is 12.0. The van der Waals surface area contributed by atoms with Gasteiger partial charge in [0.1, 0.15) is 5.75 Å². The van der Waals surface area contributed by atoms with E-state index in [1.165, 1.54) is 0 Å².